The molecule has 3 aromatic rings. The number of hydrogen-bond donors (Lipinski definition) is 1. The highest BCUT2D eigenvalue weighted by molar-refractivity contribution is 5.93. The molecule has 1 N–H and O–H groups in total. The molecule has 1 aromatic carbocycles. The number of rotatable bonds is 7. The molecule has 7 heteroatoms. The van der Waals surface area contributed by atoms with Gasteiger partial charge in [0.2, 0.25) is 5.91 Å². The lowest BCUT2D eigenvalue weighted by Crippen LogP contribution is -2.13. The van der Waals surface area contributed by atoms with E-state index >= 15 is 0 Å². The van der Waals surface area contributed by atoms with Gasteiger partial charge in [0.05, 0.1) is 23.3 Å². The van der Waals surface area contributed by atoms with Gasteiger partial charge < -0.3 is 5.32 Å². The largest absolute Gasteiger partial charge is 0.326 e. The third kappa shape index (κ3) is 4.48. The summed E-state index contributed by atoms with van der Waals surface area (Å²) in [4.78, 5) is 16.6. The molecule has 0 bridgehead atoms. The molecule has 150 valence electrons. The van der Waals surface area contributed by atoms with Gasteiger partial charge in [0.15, 0.2) is 5.82 Å². The number of amides is 1. The molecule has 1 aliphatic carbocycles. The highest BCUT2D eigenvalue weighted by Crippen LogP contribution is 2.28. The van der Waals surface area contributed by atoms with Gasteiger partial charge >= 0.3 is 0 Å². The number of hydrogen-bond acceptors (Lipinski definition) is 4. The van der Waals surface area contributed by atoms with Crippen LogP contribution in [0.4, 0.5) is 5.69 Å². The topological polar surface area (TPSA) is 77.6 Å². The highest BCUT2D eigenvalue weighted by Gasteiger charge is 2.18. The zero-order chi connectivity index (χ0) is 20.1. The van der Waals surface area contributed by atoms with Crippen molar-refractivity contribution in [2.75, 3.05) is 5.32 Å². The molecule has 0 unspecified atom stereocenters. The Morgan fingerprint density at radius 3 is 2.93 bits per heavy atom. The molecule has 0 radical (unpaired) electrons. The van der Waals surface area contributed by atoms with Crippen molar-refractivity contribution in [3.63, 3.8) is 0 Å². The molecule has 29 heavy (non-hydrogen) atoms. The lowest BCUT2D eigenvalue weighted by Gasteiger charge is -2.20. The summed E-state index contributed by atoms with van der Waals surface area (Å²) >= 11 is 0. The van der Waals surface area contributed by atoms with Gasteiger partial charge in [-0.15, -0.1) is 17.4 Å². The first-order chi connectivity index (χ1) is 14.2. The summed E-state index contributed by atoms with van der Waals surface area (Å²) in [6.45, 7) is 0. The average molecular weight is 390 g/mol. The van der Waals surface area contributed by atoms with Crippen LogP contribution in [0.5, 0.6) is 0 Å². The van der Waals surface area contributed by atoms with Gasteiger partial charge in [0.25, 0.3) is 0 Å². The van der Waals surface area contributed by atoms with Gasteiger partial charge in [-0.25, -0.2) is 9.67 Å². The molecule has 1 aliphatic rings. The second kappa shape index (κ2) is 8.91. The normalized spacial score (nSPS) is 14.7. The molecule has 0 spiro atoms. The number of carbonyl (C=O) groups excluding carboxylic acids is 1. The molecule has 1 amide bonds. The number of benzene rings is 1. The van der Waals surface area contributed by atoms with Crippen LogP contribution in [0.1, 0.15) is 63.8 Å². The molecular formula is C22H26N6O. The van der Waals surface area contributed by atoms with Crippen LogP contribution in [0.15, 0.2) is 30.7 Å². The van der Waals surface area contributed by atoms with Crippen LogP contribution < -0.4 is 5.32 Å². The fourth-order valence-corrected chi connectivity index (χ4v) is 3.91. The zero-order valence-corrected chi connectivity index (χ0v) is 16.5. The Bertz CT molecular complexity index is 1020. The van der Waals surface area contributed by atoms with Crippen LogP contribution in [-0.4, -0.2) is 30.5 Å². The number of nitrogens with one attached hydrogen (secondary N) is 1. The summed E-state index contributed by atoms with van der Waals surface area (Å²) in [5.74, 6) is 3.34. The summed E-state index contributed by atoms with van der Waals surface area (Å²) in [5, 5.41) is 11.7. The Kier molecular flexibility index (Phi) is 5.89. The number of anilines is 1. The van der Waals surface area contributed by atoms with Gasteiger partial charge in [0, 0.05) is 18.5 Å². The standard InChI is InChI=1S/C22H26N6O/c1-2-3-4-8-11-22(29)24-17-12-13-19-20(14-17)27(16-23-19)21-15-28(26-25-21)18-9-6-5-7-10-18/h1,12-16,18H,3-11H2,(H,24,29). The molecule has 7 nitrogen and oxygen atoms in total. The lowest BCUT2D eigenvalue weighted by molar-refractivity contribution is -0.116. The average Bonchev–Trinajstić information content (AvgIpc) is 3.38. The summed E-state index contributed by atoms with van der Waals surface area (Å²) in [6.07, 6.45) is 18.0. The van der Waals surface area contributed by atoms with Crippen LogP contribution >= 0.6 is 0 Å². The Balaban J connectivity index is 1.49. The van der Waals surface area contributed by atoms with Crippen molar-refractivity contribution in [3.05, 3.63) is 30.7 Å². The van der Waals surface area contributed by atoms with E-state index in [1.54, 1.807) is 6.33 Å². The number of aromatic nitrogens is 5. The maximum absolute atomic E-state index is 12.2. The Hall–Kier alpha value is -3.14. The van der Waals surface area contributed by atoms with E-state index in [-0.39, 0.29) is 5.91 Å². The number of unbranched alkanes of at least 4 members (excludes halogenated alkanes) is 2. The van der Waals surface area contributed by atoms with Gasteiger partial charge in [-0.05, 0) is 43.9 Å². The van der Waals surface area contributed by atoms with Crippen molar-refractivity contribution < 1.29 is 4.79 Å². The number of fused-ring (bicyclic) bond motifs is 1. The minimum atomic E-state index is -0.00400. The molecule has 2 heterocycles. The van der Waals surface area contributed by atoms with E-state index in [1.807, 2.05) is 33.6 Å². The predicted octanol–water partition coefficient (Wildman–Crippen LogP) is 4.25. The van der Waals surface area contributed by atoms with E-state index < -0.39 is 0 Å². The predicted molar refractivity (Wildman–Crippen MR) is 113 cm³/mol. The molecule has 0 saturated heterocycles. The summed E-state index contributed by atoms with van der Waals surface area (Å²) in [7, 11) is 0. The third-order valence-corrected chi connectivity index (χ3v) is 5.50. The maximum atomic E-state index is 12.2. The van der Waals surface area contributed by atoms with Crippen molar-refractivity contribution >= 4 is 22.6 Å². The van der Waals surface area contributed by atoms with Gasteiger partial charge in [-0.3, -0.25) is 9.36 Å². The number of imidazole rings is 1. The van der Waals surface area contributed by atoms with E-state index in [9.17, 15) is 4.79 Å². The molecule has 0 aliphatic heterocycles. The van der Waals surface area contributed by atoms with Gasteiger partial charge in [0.1, 0.15) is 6.33 Å². The minimum absolute atomic E-state index is 0.00400. The van der Waals surface area contributed by atoms with Crippen molar-refractivity contribution in [3.8, 4) is 18.2 Å². The van der Waals surface area contributed by atoms with Crippen LogP contribution in [0.25, 0.3) is 16.9 Å². The first kappa shape index (κ1) is 19.2. The van der Waals surface area contributed by atoms with Crippen LogP contribution in [0.3, 0.4) is 0 Å². The van der Waals surface area contributed by atoms with E-state index in [4.69, 9.17) is 6.42 Å². The van der Waals surface area contributed by atoms with Crippen LogP contribution in [0.2, 0.25) is 0 Å². The minimum Gasteiger partial charge on any atom is -0.326 e. The number of carbonyl (C=O) groups is 1. The summed E-state index contributed by atoms with van der Waals surface area (Å²) in [6, 6.07) is 6.15. The quantitative estimate of drug-likeness (QED) is 0.483. The summed E-state index contributed by atoms with van der Waals surface area (Å²) in [5.41, 5.74) is 2.50. The Morgan fingerprint density at radius 1 is 1.24 bits per heavy atom. The van der Waals surface area contributed by atoms with E-state index in [0.717, 1.165) is 48.2 Å². The molecule has 0 atom stereocenters. The maximum Gasteiger partial charge on any atom is 0.224 e. The van der Waals surface area contributed by atoms with E-state index in [0.29, 0.717) is 18.9 Å². The van der Waals surface area contributed by atoms with E-state index in [1.165, 1.54) is 19.3 Å². The highest BCUT2D eigenvalue weighted by atomic mass is 16.1. The first-order valence-electron chi connectivity index (χ1n) is 10.4. The molecule has 1 saturated carbocycles. The smallest absolute Gasteiger partial charge is 0.224 e. The van der Waals surface area contributed by atoms with Crippen LogP contribution in [0, 0.1) is 12.3 Å². The molecule has 2 aromatic heterocycles. The SMILES string of the molecule is C#CCCCCC(=O)Nc1ccc2ncn(-c3cn(C4CCCCC4)nn3)c2c1. The monoisotopic (exact) mass is 390 g/mol. The number of terminal acetylenes is 1. The van der Waals surface area contributed by atoms with Crippen LogP contribution in [-0.2, 0) is 4.79 Å². The van der Waals surface area contributed by atoms with Gasteiger partial charge in [-0.2, -0.15) is 0 Å². The number of nitrogens with zero attached hydrogens (tertiary/aromatic N) is 5. The molecular weight excluding hydrogens is 364 g/mol. The van der Waals surface area contributed by atoms with Crippen molar-refractivity contribution in [1.29, 1.82) is 0 Å². The Morgan fingerprint density at radius 2 is 2.10 bits per heavy atom. The van der Waals surface area contributed by atoms with Crippen molar-refractivity contribution in [2.24, 2.45) is 0 Å². The zero-order valence-electron chi connectivity index (χ0n) is 16.5. The van der Waals surface area contributed by atoms with Crippen molar-refractivity contribution in [1.82, 2.24) is 24.5 Å². The lowest BCUT2D eigenvalue weighted by atomic mass is 9.96. The second-order valence-electron chi connectivity index (χ2n) is 7.63. The fourth-order valence-electron chi connectivity index (χ4n) is 3.91. The van der Waals surface area contributed by atoms with Gasteiger partial charge in [-0.1, -0.05) is 24.5 Å². The molecule has 1 fully saturated rings. The fraction of sp³-hybridized carbons (Fsp3) is 0.455. The Labute approximate surface area is 170 Å². The molecule has 4 rings (SSSR count). The summed E-state index contributed by atoms with van der Waals surface area (Å²) < 4.78 is 3.91. The second-order valence-corrected chi connectivity index (χ2v) is 7.63. The van der Waals surface area contributed by atoms with E-state index in [2.05, 4.69) is 26.5 Å². The third-order valence-electron chi connectivity index (χ3n) is 5.50. The van der Waals surface area contributed by atoms with Crippen molar-refractivity contribution in [2.45, 2.75) is 63.8 Å². The first-order valence-corrected chi connectivity index (χ1v) is 10.4.